The lowest BCUT2D eigenvalue weighted by Crippen LogP contribution is -2.03. The summed E-state index contributed by atoms with van der Waals surface area (Å²) in [5.41, 5.74) is 1.31. The Morgan fingerprint density at radius 1 is 1.11 bits per heavy atom. The van der Waals surface area contributed by atoms with Crippen LogP contribution in [0.15, 0.2) is 53.4 Å². The fraction of sp³-hybridized carbons (Fsp3) is 0.200. The molecule has 0 fully saturated rings. The first-order valence-electron chi connectivity index (χ1n) is 5.96. The van der Waals surface area contributed by atoms with Crippen LogP contribution in [0.25, 0.3) is 0 Å². The molecule has 1 aliphatic rings. The van der Waals surface area contributed by atoms with Crippen molar-refractivity contribution < 1.29 is 9.84 Å². The Kier molecular flexibility index (Phi) is 3.15. The maximum absolute atomic E-state index is 9.24. The lowest BCUT2D eigenvalue weighted by atomic mass is 10.0. The highest BCUT2D eigenvalue weighted by Gasteiger charge is 2.23. The number of phenolic OH excluding ortho intramolecular Hbond substituents is 1. The molecule has 0 amide bonds. The number of benzene rings is 2. The molecule has 0 aliphatic carbocycles. The van der Waals surface area contributed by atoms with Gasteiger partial charge >= 0.3 is 0 Å². The molecule has 18 heavy (non-hydrogen) atoms. The molecule has 1 atom stereocenters. The van der Waals surface area contributed by atoms with Crippen molar-refractivity contribution >= 4 is 11.8 Å². The summed E-state index contributed by atoms with van der Waals surface area (Å²) < 4.78 is 5.67. The van der Waals surface area contributed by atoms with Crippen molar-refractivity contribution in [3.63, 3.8) is 0 Å². The number of hydrogen-bond donors (Lipinski definition) is 1. The van der Waals surface area contributed by atoms with Gasteiger partial charge in [-0.1, -0.05) is 18.2 Å². The van der Waals surface area contributed by atoms with Gasteiger partial charge < -0.3 is 9.84 Å². The first-order chi connectivity index (χ1) is 8.83. The zero-order valence-electron chi connectivity index (χ0n) is 9.87. The van der Waals surface area contributed by atoms with Gasteiger partial charge in [-0.15, -0.1) is 11.8 Å². The fourth-order valence-electron chi connectivity index (χ4n) is 2.11. The smallest absolute Gasteiger partial charge is 0.122 e. The molecule has 2 nitrogen and oxygen atoms in total. The summed E-state index contributed by atoms with van der Waals surface area (Å²) in [6, 6.07) is 15.6. The van der Waals surface area contributed by atoms with Gasteiger partial charge in [0, 0.05) is 22.1 Å². The minimum absolute atomic E-state index is 0.314. The first kappa shape index (κ1) is 11.5. The number of phenols is 1. The molecular weight excluding hydrogens is 244 g/mol. The van der Waals surface area contributed by atoms with E-state index < -0.39 is 0 Å². The summed E-state index contributed by atoms with van der Waals surface area (Å²) in [5, 5.41) is 9.24. The van der Waals surface area contributed by atoms with E-state index in [2.05, 4.69) is 12.1 Å². The highest BCUT2D eigenvalue weighted by molar-refractivity contribution is 7.99. The van der Waals surface area contributed by atoms with E-state index in [1.807, 2.05) is 24.3 Å². The van der Waals surface area contributed by atoms with Crippen molar-refractivity contribution in [2.75, 3.05) is 12.4 Å². The Balaban J connectivity index is 1.67. The Labute approximate surface area is 111 Å². The van der Waals surface area contributed by atoms with Gasteiger partial charge in [0.1, 0.15) is 11.5 Å². The first-order valence-corrected chi connectivity index (χ1v) is 6.95. The summed E-state index contributed by atoms with van der Waals surface area (Å²) in [4.78, 5) is 1.18. The van der Waals surface area contributed by atoms with Crippen LogP contribution in [0.2, 0.25) is 0 Å². The predicted octanol–water partition coefficient (Wildman–Crippen LogP) is 3.66. The molecular formula is C15H14O2S. The van der Waals surface area contributed by atoms with Crippen LogP contribution < -0.4 is 4.74 Å². The average molecular weight is 258 g/mol. The van der Waals surface area contributed by atoms with E-state index in [9.17, 15) is 5.11 Å². The van der Waals surface area contributed by atoms with Crippen LogP contribution in [0.5, 0.6) is 11.5 Å². The Morgan fingerprint density at radius 2 is 1.89 bits per heavy atom. The Morgan fingerprint density at radius 3 is 2.72 bits per heavy atom. The van der Waals surface area contributed by atoms with Crippen LogP contribution in [0, 0.1) is 0 Å². The number of aromatic hydroxyl groups is 1. The van der Waals surface area contributed by atoms with E-state index in [0.29, 0.717) is 11.7 Å². The van der Waals surface area contributed by atoms with E-state index in [4.69, 9.17) is 4.74 Å². The predicted molar refractivity (Wildman–Crippen MR) is 73.5 cm³/mol. The number of hydrogen-bond acceptors (Lipinski definition) is 3. The summed E-state index contributed by atoms with van der Waals surface area (Å²) in [7, 11) is 0. The topological polar surface area (TPSA) is 29.5 Å². The number of fused-ring (bicyclic) bond motifs is 1. The zero-order valence-corrected chi connectivity index (χ0v) is 10.7. The molecule has 2 aromatic carbocycles. The van der Waals surface area contributed by atoms with Crippen molar-refractivity contribution in [1.29, 1.82) is 0 Å². The second kappa shape index (κ2) is 4.94. The highest BCUT2D eigenvalue weighted by Crippen LogP contribution is 2.36. The molecule has 1 heterocycles. The molecule has 0 spiro atoms. The van der Waals surface area contributed by atoms with E-state index in [0.717, 1.165) is 18.1 Å². The number of ether oxygens (including phenoxy) is 1. The van der Waals surface area contributed by atoms with Gasteiger partial charge in [0.2, 0.25) is 0 Å². The second-order valence-electron chi connectivity index (χ2n) is 4.35. The van der Waals surface area contributed by atoms with E-state index >= 15 is 0 Å². The van der Waals surface area contributed by atoms with Crippen molar-refractivity contribution in [1.82, 2.24) is 0 Å². The van der Waals surface area contributed by atoms with Gasteiger partial charge in [0.15, 0.2) is 0 Å². The van der Waals surface area contributed by atoms with Gasteiger partial charge in [-0.2, -0.15) is 0 Å². The Hall–Kier alpha value is -1.61. The van der Waals surface area contributed by atoms with Gasteiger partial charge in [-0.3, -0.25) is 0 Å². The third kappa shape index (κ3) is 2.31. The van der Waals surface area contributed by atoms with Gasteiger partial charge in [-0.25, -0.2) is 0 Å². The maximum Gasteiger partial charge on any atom is 0.122 e. The molecule has 3 heteroatoms. The van der Waals surface area contributed by atoms with Crippen LogP contribution in [-0.2, 0) is 0 Å². The van der Waals surface area contributed by atoms with Crippen LogP contribution >= 0.6 is 11.8 Å². The average Bonchev–Trinajstić information content (AvgIpc) is 2.82. The minimum atomic E-state index is 0.314. The van der Waals surface area contributed by atoms with Crippen molar-refractivity contribution in [2.24, 2.45) is 0 Å². The molecule has 0 radical (unpaired) electrons. The molecule has 0 saturated heterocycles. The molecule has 1 aliphatic heterocycles. The standard InChI is InChI=1S/C15H14O2S/c16-12-5-7-13(8-6-12)18-10-11-9-17-15-4-2-1-3-14(11)15/h1-8,11,16H,9-10H2. The minimum Gasteiger partial charge on any atom is -0.508 e. The summed E-state index contributed by atoms with van der Waals surface area (Å²) >= 11 is 1.80. The highest BCUT2D eigenvalue weighted by atomic mass is 32.2. The number of rotatable bonds is 3. The maximum atomic E-state index is 9.24. The third-order valence-electron chi connectivity index (χ3n) is 3.09. The molecule has 0 aromatic heterocycles. The number of para-hydroxylation sites is 1. The Bertz CT molecular complexity index is 536. The van der Waals surface area contributed by atoms with Gasteiger partial charge in [0.25, 0.3) is 0 Å². The summed E-state index contributed by atoms with van der Waals surface area (Å²) in [6.45, 7) is 0.768. The molecule has 0 bridgehead atoms. The molecule has 2 aromatic rings. The van der Waals surface area contributed by atoms with Crippen LogP contribution in [0.3, 0.4) is 0 Å². The second-order valence-corrected chi connectivity index (χ2v) is 5.44. The fourth-order valence-corrected chi connectivity index (χ4v) is 3.10. The lowest BCUT2D eigenvalue weighted by molar-refractivity contribution is 0.339. The summed E-state index contributed by atoms with van der Waals surface area (Å²) in [5.74, 6) is 2.80. The number of thioether (sulfide) groups is 1. The van der Waals surface area contributed by atoms with E-state index in [-0.39, 0.29) is 0 Å². The van der Waals surface area contributed by atoms with Crippen LogP contribution in [-0.4, -0.2) is 17.5 Å². The van der Waals surface area contributed by atoms with Crippen molar-refractivity contribution in [3.8, 4) is 11.5 Å². The zero-order chi connectivity index (χ0) is 12.4. The van der Waals surface area contributed by atoms with Crippen LogP contribution in [0.4, 0.5) is 0 Å². The largest absolute Gasteiger partial charge is 0.508 e. The van der Waals surface area contributed by atoms with Gasteiger partial charge in [-0.05, 0) is 30.3 Å². The normalized spacial score (nSPS) is 17.2. The van der Waals surface area contributed by atoms with Crippen molar-refractivity contribution in [2.45, 2.75) is 10.8 Å². The SMILES string of the molecule is Oc1ccc(SCC2COc3ccccc32)cc1. The van der Waals surface area contributed by atoms with E-state index in [1.54, 1.807) is 23.9 Å². The molecule has 1 unspecified atom stereocenters. The van der Waals surface area contributed by atoms with E-state index in [1.165, 1.54) is 10.5 Å². The third-order valence-corrected chi connectivity index (χ3v) is 4.26. The molecule has 1 N–H and O–H groups in total. The van der Waals surface area contributed by atoms with Crippen LogP contribution in [0.1, 0.15) is 11.5 Å². The van der Waals surface area contributed by atoms with Crippen molar-refractivity contribution in [3.05, 3.63) is 54.1 Å². The lowest BCUT2D eigenvalue weighted by Gasteiger charge is -2.08. The summed E-state index contributed by atoms with van der Waals surface area (Å²) in [6.07, 6.45) is 0. The monoisotopic (exact) mass is 258 g/mol. The molecule has 3 rings (SSSR count). The quantitative estimate of drug-likeness (QED) is 0.852. The van der Waals surface area contributed by atoms with Gasteiger partial charge in [0.05, 0.1) is 6.61 Å². The molecule has 92 valence electrons. The molecule has 0 saturated carbocycles.